The number of carbonyl (C=O) groups is 2. The normalized spacial score (nSPS) is 9.94. The van der Waals surface area contributed by atoms with Gasteiger partial charge in [0.2, 0.25) is 5.91 Å². The van der Waals surface area contributed by atoms with Crippen LogP contribution in [0.15, 0.2) is 6.07 Å². The van der Waals surface area contributed by atoms with Crippen LogP contribution in [0.5, 0.6) is 5.75 Å². The van der Waals surface area contributed by atoms with Crippen molar-refractivity contribution in [3.05, 3.63) is 21.7 Å². The van der Waals surface area contributed by atoms with Gasteiger partial charge in [-0.2, -0.15) is 0 Å². The fourth-order valence-electron chi connectivity index (χ4n) is 1.12. The summed E-state index contributed by atoms with van der Waals surface area (Å²) in [5, 5.41) is 20.3. The first-order chi connectivity index (χ1) is 7.34. The Kier molecular flexibility index (Phi) is 3.62. The van der Waals surface area contributed by atoms with E-state index in [0.717, 1.165) is 6.07 Å². The van der Waals surface area contributed by atoms with E-state index in [2.05, 4.69) is 5.32 Å². The molecule has 1 rings (SSSR count). The van der Waals surface area contributed by atoms with Crippen LogP contribution in [0.3, 0.4) is 0 Å². The summed E-state index contributed by atoms with van der Waals surface area (Å²) in [5.41, 5.74) is -0.712. The second-order valence-corrected chi connectivity index (χ2v) is 3.74. The minimum Gasteiger partial charge on any atom is -0.504 e. The highest BCUT2D eigenvalue weighted by atomic mass is 35.5. The van der Waals surface area contributed by atoms with Gasteiger partial charge in [-0.1, -0.05) is 23.2 Å². The van der Waals surface area contributed by atoms with Crippen molar-refractivity contribution in [2.24, 2.45) is 0 Å². The molecule has 0 bridgehead atoms. The number of carboxylic acids is 1. The van der Waals surface area contributed by atoms with Crippen LogP contribution < -0.4 is 5.32 Å². The second kappa shape index (κ2) is 4.59. The number of aromatic hydroxyl groups is 1. The number of nitrogens with one attached hydrogen (secondary N) is 1. The number of amides is 1. The summed E-state index contributed by atoms with van der Waals surface area (Å²) >= 11 is 11.3. The van der Waals surface area contributed by atoms with E-state index in [0.29, 0.717) is 0 Å². The molecule has 16 heavy (non-hydrogen) atoms. The summed E-state index contributed by atoms with van der Waals surface area (Å²) in [4.78, 5) is 21.8. The molecule has 0 radical (unpaired) electrons. The first kappa shape index (κ1) is 12.6. The Labute approximate surface area is 101 Å². The lowest BCUT2D eigenvalue weighted by molar-refractivity contribution is -0.114. The Morgan fingerprint density at radius 3 is 2.31 bits per heavy atom. The number of rotatable bonds is 2. The maximum Gasteiger partial charge on any atom is 0.339 e. The topological polar surface area (TPSA) is 86.6 Å². The van der Waals surface area contributed by atoms with Crippen molar-refractivity contribution in [1.82, 2.24) is 0 Å². The van der Waals surface area contributed by atoms with Crippen LogP contribution in [-0.4, -0.2) is 22.1 Å². The monoisotopic (exact) mass is 263 g/mol. The first-order valence-electron chi connectivity index (χ1n) is 4.06. The van der Waals surface area contributed by atoms with Crippen LogP contribution in [0, 0.1) is 0 Å². The average molecular weight is 264 g/mol. The number of hydrogen-bond acceptors (Lipinski definition) is 3. The highest BCUT2D eigenvalue weighted by molar-refractivity contribution is 6.38. The number of benzene rings is 1. The predicted octanol–water partition coefficient (Wildman–Crippen LogP) is 2.36. The number of hydrogen-bond donors (Lipinski definition) is 3. The van der Waals surface area contributed by atoms with Crippen LogP contribution in [0.25, 0.3) is 0 Å². The minimum atomic E-state index is -1.37. The lowest BCUT2D eigenvalue weighted by atomic mass is 10.1. The molecule has 0 fully saturated rings. The van der Waals surface area contributed by atoms with Crippen LogP contribution in [0.2, 0.25) is 10.0 Å². The molecule has 1 aromatic carbocycles. The van der Waals surface area contributed by atoms with Crippen molar-refractivity contribution in [3.8, 4) is 5.75 Å². The van der Waals surface area contributed by atoms with E-state index >= 15 is 0 Å². The Balaban J connectivity index is 3.51. The highest BCUT2D eigenvalue weighted by Crippen LogP contribution is 2.39. The van der Waals surface area contributed by atoms with Gasteiger partial charge >= 0.3 is 5.97 Å². The summed E-state index contributed by atoms with van der Waals surface area (Å²) in [6.45, 7) is 1.17. The first-order valence-corrected chi connectivity index (χ1v) is 4.82. The van der Waals surface area contributed by atoms with E-state index in [-0.39, 0.29) is 15.7 Å². The zero-order valence-corrected chi connectivity index (χ0v) is 9.56. The van der Waals surface area contributed by atoms with Gasteiger partial charge in [0, 0.05) is 6.92 Å². The van der Waals surface area contributed by atoms with Crippen molar-refractivity contribution in [3.63, 3.8) is 0 Å². The zero-order valence-electron chi connectivity index (χ0n) is 8.04. The largest absolute Gasteiger partial charge is 0.504 e. The number of carboxylic acid groups (broad SMARTS) is 1. The third-order valence-corrected chi connectivity index (χ3v) is 2.31. The standard InChI is InChI=1S/C9H7Cl2NO4/c1-3(13)12-7-6(9(15)16)4(10)2-5(11)8(7)14/h2,14H,1H3,(H,12,13)(H,15,16). The molecule has 7 heteroatoms. The van der Waals surface area contributed by atoms with Gasteiger partial charge in [-0.05, 0) is 6.07 Å². The predicted molar refractivity (Wildman–Crippen MR) is 59.4 cm³/mol. The van der Waals surface area contributed by atoms with Crippen LogP contribution in [0.1, 0.15) is 17.3 Å². The number of halogens is 2. The molecule has 3 N–H and O–H groups in total. The molecule has 86 valence electrons. The molecule has 0 heterocycles. The Bertz CT molecular complexity index is 473. The van der Waals surface area contributed by atoms with Gasteiger partial charge in [0.05, 0.1) is 10.0 Å². The van der Waals surface area contributed by atoms with Gasteiger partial charge in [-0.15, -0.1) is 0 Å². The van der Waals surface area contributed by atoms with Gasteiger partial charge in [0.1, 0.15) is 11.3 Å². The maximum atomic E-state index is 10.9. The Morgan fingerprint density at radius 1 is 1.31 bits per heavy atom. The Hall–Kier alpha value is -1.46. The van der Waals surface area contributed by atoms with Gasteiger partial charge < -0.3 is 15.5 Å². The van der Waals surface area contributed by atoms with E-state index in [9.17, 15) is 14.7 Å². The summed E-state index contributed by atoms with van der Waals surface area (Å²) in [7, 11) is 0. The van der Waals surface area contributed by atoms with Crippen LogP contribution in [0.4, 0.5) is 5.69 Å². The third-order valence-electron chi connectivity index (χ3n) is 1.72. The number of phenols is 1. The SMILES string of the molecule is CC(=O)Nc1c(O)c(Cl)cc(Cl)c1C(=O)O. The zero-order chi connectivity index (χ0) is 12.5. The van der Waals surface area contributed by atoms with E-state index in [4.69, 9.17) is 28.3 Å². The van der Waals surface area contributed by atoms with Crippen LogP contribution >= 0.6 is 23.2 Å². The molecule has 0 aromatic heterocycles. The van der Waals surface area contributed by atoms with Crippen LogP contribution in [-0.2, 0) is 4.79 Å². The third kappa shape index (κ3) is 2.37. The molecule has 0 atom stereocenters. The Morgan fingerprint density at radius 2 is 1.88 bits per heavy atom. The fraction of sp³-hybridized carbons (Fsp3) is 0.111. The van der Waals surface area contributed by atoms with Crippen molar-refractivity contribution in [2.75, 3.05) is 5.32 Å². The fourth-order valence-corrected chi connectivity index (χ4v) is 1.66. The van der Waals surface area contributed by atoms with Crippen molar-refractivity contribution < 1.29 is 19.8 Å². The lowest BCUT2D eigenvalue weighted by Crippen LogP contribution is -2.11. The lowest BCUT2D eigenvalue weighted by Gasteiger charge is -2.11. The van der Waals surface area contributed by atoms with Gasteiger partial charge in [0.15, 0.2) is 5.75 Å². The van der Waals surface area contributed by atoms with Gasteiger partial charge in [-0.3, -0.25) is 4.79 Å². The van der Waals surface area contributed by atoms with E-state index in [1.807, 2.05) is 0 Å². The molecular formula is C9H7Cl2NO4. The molecule has 1 amide bonds. The molecule has 0 aliphatic carbocycles. The summed E-state index contributed by atoms with van der Waals surface area (Å²) in [5.74, 6) is -2.45. The minimum absolute atomic E-state index is 0.140. The molecule has 1 aromatic rings. The van der Waals surface area contributed by atoms with Crippen molar-refractivity contribution in [2.45, 2.75) is 6.92 Å². The number of anilines is 1. The summed E-state index contributed by atoms with van der Waals surface area (Å²) in [6, 6.07) is 1.09. The molecule has 0 saturated heterocycles. The molecule has 0 aliphatic heterocycles. The maximum absolute atomic E-state index is 10.9. The van der Waals surface area contributed by atoms with E-state index in [1.54, 1.807) is 0 Å². The highest BCUT2D eigenvalue weighted by Gasteiger charge is 2.21. The molecule has 5 nitrogen and oxygen atoms in total. The van der Waals surface area contributed by atoms with Gasteiger partial charge in [-0.25, -0.2) is 4.79 Å². The second-order valence-electron chi connectivity index (χ2n) is 2.93. The molecule has 0 spiro atoms. The van der Waals surface area contributed by atoms with E-state index in [1.165, 1.54) is 6.92 Å². The molecular weight excluding hydrogens is 257 g/mol. The molecule has 0 unspecified atom stereocenters. The number of phenolic OH excluding ortho intramolecular Hbond substituents is 1. The summed E-state index contributed by atoms with van der Waals surface area (Å²) < 4.78 is 0. The average Bonchev–Trinajstić information content (AvgIpc) is 2.12. The summed E-state index contributed by atoms with van der Waals surface area (Å²) in [6.07, 6.45) is 0. The van der Waals surface area contributed by atoms with Crippen molar-refractivity contribution >= 4 is 40.8 Å². The van der Waals surface area contributed by atoms with Crippen molar-refractivity contribution in [1.29, 1.82) is 0 Å². The number of aromatic carboxylic acids is 1. The molecule has 0 aliphatic rings. The van der Waals surface area contributed by atoms with E-state index < -0.39 is 23.2 Å². The molecule has 0 saturated carbocycles. The number of carbonyl (C=O) groups excluding carboxylic acids is 1. The van der Waals surface area contributed by atoms with Gasteiger partial charge in [0.25, 0.3) is 0 Å². The quantitative estimate of drug-likeness (QED) is 0.715. The smallest absolute Gasteiger partial charge is 0.339 e.